The first-order chi connectivity index (χ1) is 13.0. The van der Waals surface area contributed by atoms with Gasteiger partial charge in [0.1, 0.15) is 6.54 Å². The minimum Gasteiger partial charge on any atom is -0.493 e. The average Bonchev–Trinajstić information content (AvgIpc) is 3.24. The molecule has 1 amide bonds. The minimum atomic E-state index is -0.597. The van der Waals surface area contributed by atoms with Crippen LogP contribution in [0.3, 0.4) is 0 Å². The number of thiazole rings is 1. The fraction of sp³-hybridized carbons (Fsp3) is 0.294. The van der Waals surface area contributed by atoms with E-state index in [1.54, 1.807) is 23.6 Å². The largest absolute Gasteiger partial charge is 0.493 e. The second-order valence-electron chi connectivity index (χ2n) is 5.47. The number of hydrogen-bond donors (Lipinski definition) is 0. The quantitative estimate of drug-likeness (QED) is 0.612. The summed E-state index contributed by atoms with van der Waals surface area (Å²) >= 11 is 1.22. The molecule has 0 atom stereocenters. The second-order valence-corrected chi connectivity index (χ2v) is 6.48. The van der Waals surface area contributed by atoms with Crippen LogP contribution in [0.1, 0.15) is 16.2 Å². The number of esters is 1. The molecule has 142 valence electrons. The molecule has 0 N–H and O–H groups in total. The molecule has 27 heavy (non-hydrogen) atoms. The van der Waals surface area contributed by atoms with Gasteiger partial charge in [0.2, 0.25) is 5.76 Å². The molecule has 2 aromatic heterocycles. The van der Waals surface area contributed by atoms with Crippen molar-refractivity contribution < 1.29 is 28.3 Å². The summed E-state index contributed by atoms with van der Waals surface area (Å²) in [6.45, 7) is 1.59. The van der Waals surface area contributed by atoms with E-state index in [1.165, 1.54) is 38.7 Å². The summed E-state index contributed by atoms with van der Waals surface area (Å²) in [5.41, 5.74) is 1.23. The summed E-state index contributed by atoms with van der Waals surface area (Å²) in [5, 5.41) is 3.69. The van der Waals surface area contributed by atoms with Crippen molar-refractivity contribution in [3.63, 3.8) is 0 Å². The number of carbonyl (C=O) groups is 2. The third-order valence-electron chi connectivity index (χ3n) is 3.74. The number of ether oxygens (including phenoxy) is 3. The van der Waals surface area contributed by atoms with Crippen molar-refractivity contribution in [3.05, 3.63) is 34.5 Å². The number of nitrogens with zero attached hydrogens (tertiary/aromatic N) is 3. The first-order valence-electron chi connectivity index (χ1n) is 7.81. The minimum absolute atomic E-state index is 0.0183. The van der Waals surface area contributed by atoms with Crippen molar-refractivity contribution in [2.24, 2.45) is 4.99 Å². The number of methoxy groups -OCH3 is 3. The van der Waals surface area contributed by atoms with Crippen molar-refractivity contribution in [2.45, 2.75) is 13.5 Å². The monoisotopic (exact) mass is 391 g/mol. The average molecular weight is 391 g/mol. The van der Waals surface area contributed by atoms with Gasteiger partial charge in [0.25, 0.3) is 0 Å². The second kappa shape index (κ2) is 7.62. The van der Waals surface area contributed by atoms with Gasteiger partial charge in [0.15, 0.2) is 16.3 Å². The van der Waals surface area contributed by atoms with E-state index in [0.717, 1.165) is 4.70 Å². The topological polar surface area (TPSA) is 105 Å². The van der Waals surface area contributed by atoms with Gasteiger partial charge in [-0.1, -0.05) is 16.5 Å². The highest BCUT2D eigenvalue weighted by Gasteiger charge is 2.17. The maximum atomic E-state index is 12.4. The molecule has 0 radical (unpaired) electrons. The molecule has 3 aromatic rings. The molecule has 10 heteroatoms. The zero-order valence-corrected chi connectivity index (χ0v) is 16.0. The molecule has 0 spiro atoms. The van der Waals surface area contributed by atoms with Crippen LogP contribution < -0.4 is 14.3 Å². The number of rotatable bonds is 5. The first kappa shape index (κ1) is 18.6. The van der Waals surface area contributed by atoms with E-state index in [1.807, 2.05) is 0 Å². The zero-order valence-electron chi connectivity index (χ0n) is 15.1. The van der Waals surface area contributed by atoms with Gasteiger partial charge in [-0.05, 0) is 6.92 Å². The lowest BCUT2D eigenvalue weighted by atomic mass is 10.3. The molecule has 1 aromatic carbocycles. The smallest absolute Gasteiger partial charge is 0.325 e. The van der Waals surface area contributed by atoms with E-state index in [9.17, 15) is 9.59 Å². The van der Waals surface area contributed by atoms with E-state index in [0.29, 0.717) is 27.5 Å². The van der Waals surface area contributed by atoms with Crippen LogP contribution >= 0.6 is 11.3 Å². The lowest BCUT2D eigenvalue weighted by molar-refractivity contribution is -0.141. The van der Waals surface area contributed by atoms with Crippen molar-refractivity contribution in [1.29, 1.82) is 0 Å². The van der Waals surface area contributed by atoms with E-state index >= 15 is 0 Å². The Hall–Kier alpha value is -3.14. The molecule has 0 fully saturated rings. The molecule has 0 aliphatic rings. The Labute approximate surface area is 157 Å². The Morgan fingerprint density at radius 3 is 2.48 bits per heavy atom. The third-order valence-corrected chi connectivity index (χ3v) is 4.78. The highest BCUT2D eigenvalue weighted by molar-refractivity contribution is 7.16. The van der Waals surface area contributed by atoms with E-state index < -0.39 is 11.9 Å². The number of aryl methyl sites for hydroxylation is 1. The molecular weight excluding hydrogens is 374 g/mol. The van der Waals surface area contributed by atoms with Gasteiger partial charge in [0.05, 0.1) is 37.2 Å². The fourth-order valence-corrected chi connectivity index (χ4v) is 3.47. The van der Waals surface area contributed by atoms with Crippen LogP contribution in [0.15, 0.2) is 27.7 Å². The number of amides is 1. The normalized spacial score (nSPS) is 11.6. The van der Waals surface area contributed by atoms with Crippen LogP contribution in [-0.2, 0) is 16.1 Å². The summed E-state index contributed by atoms with van der Waals surface area (Å²) < 4.78 is 22.7. The summed E-state index contributed by atoms with van der Waals surface area (Å²) in [5.74, 6) is -0.0383. The SMILES string of the molecule is COC(=O)Cn1c(=NC(=O)c2cc(C)no2)sc2cc(OC)c(OC)cc21. The molecule has 2 heterocycles. The van der Waals surface area contributed by atoms with Crippen LogP contribution in [0.2, 0.25) is 0 Å². The predicted molar refractivity (Wildman–Crippen MR) is 96.1 cm³/mol. The molecule has 9 nitrogen and oxygen atoms in total. The van der Waals surface area contributed by atoms with Gasteiger partial charge in [-0.15, -0.1) is 0 Å². The third kappa shape index (κ3) is 3.70. The number of aromatic nitrogens is 2. The summed E-state index contributed by atoms with van der Waals surface area (Å²) in [7, 11) is 4.34. The van der Waals surface area contributed by atoms with Crippen molar-refractivity contribution in [1.82, 2.24) is 9.72 Å². The van der Waals surface area contributed by atoms with E-state index in [2.05, 4.69) is 10.1 Å². The standard InChI is InChI=1S/C17H17N3O6S/c1-9-5-13(26-19-9)16(22)18-17-20(8-15(21)25-4)10-6-11(23-2)12(24-3)7-14(10)27-17/h5-7H,8H2,1-4H3. The van der Waals surface area contributed by atoms with Crippen LogP contribution in [0.25, 0.3) is 10.2 Å². The Kier molecular flexibility index (Phi) is 5.26. The first-order valence-corrected chi connectivity index (χ1v) is 8.63. The highest BCUT2D eigenvalue weighted by Crippen LogP contribution is 2.33. The van der Waals surface area contributed by atoms with Crippen molar-refractivity contribution >= 4 is 33.4 Å². The lowest BCUT2D eigenvalue weighted by Gasteiger charge is -2.08. The Balaban J connectivity index is 2.20. The van der Waals surface area contributed by atoms with Gasteiger partial charge in [-0.25, -0.2) is 0 Å². The number of benzene rings is 1. The Morgan fingerprint density at radius 2 is 1.89 bits per heavy atom. The van der Waals surface area contributed by atoms with E-state index in [4.69, 9.17) is 18.7 Å². The number of hydrogen-bond acceptors (Lipinski definition) is 8. The van der Waals surface area contributed by atoms with Gasteiger partial charge < -0.3 is 23.3 Å². The molecule has 0 unspecified atom stereocenters. The van der Waals surface area contributed by atoms with Crippen LogP contribution in [0, 0.1) is 6.92 Å². The van der Waals surface area contributed by atoms with Crippen molar-refractivity contribution in [3.8, 4) is 11.5 Å². The summed E-state index contributed by atoms with van der Waals surface area (Å²) in [6.07, 6.45) is 0. The number of carbonyl (C=O) groups excluding carboxylic acids is 2. The molecular formula is C17H17N3O6S. The fourth-order valence-electron chi connectivity index (χ4n) is 2.43. The van der Waals surface area contributed by atoms with E-state index in [-0.39, 0.29) is 12.3 Å². The molecule has 0 aliphatic carbocycles. The van der Waals surface area contributed by atoms with Gasteiger partial charge >= 0.3 is 11.9 Å². The summed E-state index contributed by atoms with van der Waals surface area (Å²) in [4.78, 5) is 28.7. The maximum Gasteiger partial charge on any atom is 0.325 e. The molecule has 0 aliphatic heterocycles. The van der Waals surface area contributed by atoms with Crippen molar-refractivity contribution in [2.75, 3.05) is 21.3 Å². The Bertz CT molecular complexity index is 1080. The van der Waals surface area contributed by atoms with Gasteiger partial charge in [-0.2, -0.15) is 4.99 Å². The maximum absolute atomic E-state index is 12.4. The molecule has 0 saturated heterocycles. The molecule has 3 rings (SSSR count). The molecule has 0 bridgehead atoms. The zero-order chi connectivity index (χ0) is 19.6. The van der Waals surface area contributed by atoms with Gasteiger partial charge in [-0.3, -0.25) is 9.59 Å². The van der Waals surface area contributed by atoms with Crippen LogP contribution in [0.4, 0.5) is 0 Å². The summed E-state index contributed by atoms with van der Waals surface area (Å²) in [6, 6.07) is 4.97. The number of fused-ring (bicyclic) bond motifs is 1. The predicted octanol–water partition coefficient (Wildman–Crippen LogP) is 1.93. The van der Waals surface area contributed by atoms with Crippen LogP contribution in [0.5, 0.6) is 11.5 Å². The lowest BCUT2D eigenvalue weighted by Crippen LogP contribution is -2.22. The molecule has 0 saturated carbocycles. The van der Waals surface area contributed by atoms with Gasteiger partial charge in [0, 0.05) is 18.2 Å². The Morgan fingerprint density at radius 1 is 1.19 bits per heavy atom. The highest BCUT2D eigenvalue weighted by atomic mass is 32.1. The van der Waals surface area contributed by atoms with Crippen LogP contribution in [-0.4, -0.2) is 42.9 Å².